The summed E-state index contributed by atoms with van der Waals surface area (Å²) < 4.78 is 0. The molecule has 0 aromatic heterocycles. The van der Waals surface area contributed by atoms with Crippen molar-refractivity contribution in [3.8, 4) is 0 Å². The lowest BCUT2D eigenvalue weighted by molar-refractivity contribution is 0.566. The van der Waals surface area contributed by atoms with Crippen LogP contribution in [0.5, 0.6) is 0 Å². The zero-order valence-electron chi connectivity index (χ0n) is 3.73. The molecule has 0 atom stereocenters. The zero-order chi connectivity index (χ0) is 4.28. The van der Waals surface area contributed by atoms with Crippen molar-refractivity contribution in [2.75, 3.05) is 14.1 Å². The Morgan fingerprint density at radius 1 is 1.60 bits per heavy atom. The summed E-state index contributed by atoms with van der Waals surface area (Å²) in [6.07, 6.45) is 1.75. The quantitative estimate of drug-likeness (QED) is 0.439. The summed E-state index contributed by atoms with van der Waals surface area (Å²) in [5, 5.41) is 0. The SMILES string of the molecule is C=CN(C)C. The average Bonchev–Trinajstić information content (AvgIpc) is 1.38. The van der Waals surface area contributed by atoms with Gasteiger partial charge < -0.3 is 4.90 Å². The van der Waals surface area contributed by atoms with Crippen LogP contribution < -0.4 is 0 Å². The molecule has 0 heterocycles. The van der Waals surface area contributed by atoms with Gasteiger partial charge in [0.2, 0.25) is 0 Å². The molecule has 0 fully saturated rings. The minimum absolute atomic E-state index is 1.75. The van der Waals surface area contributed by atoms with E-state index in [4.69, 9.17) is 0 Å². The predicted molar refractivity (Wildman–Crippen MR) is 23.9 cm³/mol. The molecule has 0 aliphatic carbocycles. The second-order valence-electron chi connectivity index (χ2n) is 1.15. The predicted octanol–water partition coefficient (Wildman–Crippen LogP) is 0.692. The van der Waals surface area contributed by atoms with Crippen LogP contribution >= 0.6 is 0 Å². The monoisotopic (exact) mass is 71.1 g/mol. The van der Waals surface area contributed by atoms with E-state index in [1.165, 1.54) is 0 Å². The Balaban J connectivity index is 2.83. The van der Waals surface area contributed by atoms with Crippen LogP contribution in [0.25, 0.3) is 0 Å². The number of rotatable bonds is 1. The molecule has 0 saturated heterocycles. The molecule has 0 amide bonds. The number of hydrogen-bond donors (Lipinski definition) is 0. The van der Waals surface area contributed by atoms with Gasteiger partial charge in [-0.1, -0.05) is 6.58 Å². The highest BCUT2D eigenvalue weighted by Gasteiger charge is 1.61. The summed E-state index contributed by atoms with van der Waals surface area (Å²) in [5.74, 6) is 0. The maximum Gasteiger partial charge on any atom is 0.00554 e. The Morgan fingerprint density at radius 2 is 1.80 bits per heavy atom. The van der Waals surface area contributed by atoms with Gasteiger partial charge in [0, 0.05) is 14.1 Å². The van der Waals surface area contributed by atoms with Crippen molar-refractivity contribution < 1.29 is 0 Å². The Labute approximate surface area is 32.9 Å². The molecule has 0 spiro atoms. The average molecular weight is 71.1 g/mol. The first-order valence-corrected chi connectivity index (χ1v) is 1.56. The molecular formula is C4H9N. The van der Waals surface area contributed by atoms with E-state index >= 15 is 0 Å². The van der Waals surface area contributed by atoms with E-state index < -0.39 is 0 Å². The zero-order valence-corrected chi connectivity index (χ0v) is 3.73. The lowest BCUT2D eigenvalue weighted by Gasteiger charge is -1.98. The molecule has 0 unspecified atom stereocenters. The van der Waals surface area contributed by atoms with Gasteiger partial charge in [0.1, 0.15) is 0 Å². The summed E-state index contributed by atoms with van der Waals surface area (Å²) in [4.78, 5) is 1.89. The van der Waals surface area contributed by atoms with Crippen LogP contribution in [0.1, 0.15) is 0 Å². The van der Waals surface area contributed by atoms with Crippen LogP contribution in [0.4, 0.5) is 0 Å². The third kappa shape index (κ3) is 3.54. The maximum atomic E-state index is 3.49. The minimum atomic E-state index is 1.75. The Bertz CT molecular complexity index is 30.6. The van der Waals surface area contributed by atoms with Crippen molar-refractivity contribution in [1.82, 2.24) is 4.90 Å². The molecule has 1 heteroatoms. The second kappa shape index (κ2) is 1.82. The van der Waals surface area contributed by atoms with E-state index in [1.54, 1.807) is 6.20 Å². The summed E-state index contributed by atoms with van der Waals surface area (Å²) in [6, 6.07) is 0. The first kappa shape index (κ1) is 4.54. The molecule has 0 saturated carbocycles. The summed E-state index contributed by atoms with van der Waals surface area (Å²) in [7, 11) is 3.88. The molecule has 0 radical (unpaired) electrons. The van der Waals surface area contributed by atoms with Gasteiger partial charge in [0.15, 0.2) is 0 Å². The van der Waals surface area contributed by atoms with E-state index in [0.717, 1.165) is 0 Å². The molecule has 1 nitrogen and oxygen atoms in total. The van der Waals surface area contributed by atoms with Gasteiger partial charge in [-0.05, 0) is 6.20 Å². The largest absolute Gasteiger partial charge is 0.384 e. The smallest absolute Gasteiger partial charge is 0.00554 e. The molecule has 0 aliphatic heterocycles. The fourth-order valence-electron chi connectivity index (χ4n) is 0. The van der Waals surface area contributed by atoms with Gasteiger partial charge in [-0.2, -0.15) is 0 Å². The van der Waals surface area contributed by atoms with Gasteiger partial charge in [-0.25, -0.2) is 0 Å². The van der Waals surface area contributed by atoms with Gasteiger partial charge in [0.25, 0.3) is 0 Å². The molecule has 0 bridgehead atoms. The topological polar surface area (TPSA) is 3.24 Å². The van der Waals surface area contributed by atoms with Crippen molar-refractivity contribution in [3.63, 3.8) is 0 Å². The van der Waals surface area contributed by atoms with Crippen molar-refractivity contribution in [3.05, 3.63) is 12.8 Å². The van der Waals surface area contributed by atoms with Crippen LogP contribution in [0.15, 0.2) is 12.8 Å². The minimum Gasteiger partial charge on any atom is -0.384 e. The maximum absolute atomic E-state index is 3.49. The molecule has 0 aromatic rings. The Hall–Kier alpha value is -0.460. The first-order valence-electron chi connectivity index (χ1n) is 1.56. The summed E-state index contributed by atoms with van der Waals surface area (Å²) >= 11 is 0. The van der Waals surface area contributed by atoms with Crippen LogP contribution in [-0.2, 0) is 0 Å². The van der Waals surface area contributed by atoms with Crippen molar-refractivity contribution in [1.29, 1.82) is 0 Å². The molecular weight excluding hydrogens is 62.1 g/mol. The molecule has 5 heavy (non-hydrogen) atoms. The van der Waals surface area contributed by atoms with Crippen LogP contribution in [0.3, 0.4) is 0 Å². The fraction of sp³-hybridized carbons (Fsp3) is 0.500. The Kier molecular flexibility index (Phi) is 1.65. The van der Waals surface area contributed by atoms with Crippen molar-refractivity contribution >= 4 is 0 Å². The van der Waals surface area contributed by atoms with E-state index in [9.17, 15) is 0 Å². The van der Waals surface area contributed by atoms with Gasteiger partial charge in [0.05, 0.1) is 0 Å². The third-order valence-electron chi connectivity index (χ3n) is 0.365. The first-order chi connectivity index (χ1) is 2.27. The van der Waals surface area contributed by atoms with Crippen LogP contribution in [-0.4, -0.2) is 19.0 Å². The van der Waals surface area contributed by atoms with Crippen molar-refractivity contribution in [2.24, 2.45) is 0 Å². The van der Waals surface area contributed by atoms with Crippen LogP contribution in [0, 0.1) is 0 Å². The molecule has 30 valence electrons. The Morgan fingerprint density at radius 3 is 1.80 bits per heavy atom. The standard InChI is InChI=1S/C4H9N/c1-4-5(2)3/h4H,1H2,2-3H3. The molecule has 0 aliphatic rings. The summed E-state index contributed by atoms with van der Waals surface area (Å²) in [6.45, 7) is 3.49. The van der Waals surface area contributed by atoms with Gasteiger partial charge in [-0.3, -0.25) is 0 Å². The number of hydrogen-bond acceptors (Lipinski definition) is 1. The fourth-order valence-corrected chi connectivity index (χ4v) is 0. The highest BCUT2D eigenvalue weighted by Crippen LogP contribution is 1.64. The van der Waals surface area contributed by atoms with E-state index in [-0.39, 0.29) is 0 Å². The van der Waals surface area contributed by atoms with Crippen molar-refractivity contribution in [2.45, 2.75) is 0 Å². The summed E-state index contributed by atoms with van der Waals surface area (Å²) in [5.41, 5.74) is 0. The van der Waals surface area contributed by atoms with Gasteiger partial charge >= 0.3 is 0 Å². The molecule has 0 aromatic carbocycles. The molecule has 0 N–H and O–H groups in total. The lowest BCUT2D eigenvalue weighted by Crippen LogP contribution is -1.97. The normalized spacial score (nSPS) is 6.80. The van der Waals surface area contributed by atoms with E-state index in [1.807, 2.05) is 19.0 Å². The van der Waals surface area contributed by atoms with E-state index in [0.29, 0.717) is 0 Å². The highest BCUT2D eigenvalue weighted by molar-refractivity contribution is 4.59. The lowest BCUT2D eigenvalue weighted by atomic mass is 10.9. The van der Waals surface area contributed by atoms with Crippen LogP contribution in [0.2, 0.25) is 0 Å². The van der Waals surface area contributed by atoms with E-state index in [2.05, 4.69) is 6.58 Å². The highest BCUT2D eigenvalue weighted by atomic mass is 15.0. The molecule has 0 rings (SSSR count). The third-order valence-corrected chi connectivity index (χ3v) is 0.365. The van der Waals surface area contributed by atoms with Gasteiger partial charge in [-0.15, -0.1) is 0 Å². The number of nitrogens with zero attached hydrogens (tertiary/aromatic N) is 1. The second-order valence-corrected chi connectivity index (χ2v) is 1.15.